The Bertz CT molecular complexity index is 446. The molecule has 0 fully saturated rings. The normalized spacial score (nSPS) is 11.9. The minimum atomic E-state index is -0.972. The Kier molecular flexibility index (Phi) is 6.57. The van der Waals surface area contributed by atoms with Crippen molar-refractivity contribution >= 4 is 11.7 Å². The Balaban J connectivity index is 2.30. The SMILES string of the molecule is O=C(CCOCC(O)CO)Oc1ccc([N+](=O)[O-])cc1. The molecule has 1 atom stereocenters. The molecule has 0 heterocycles. The number of nitro groups is 1. The highest BCUT2D eigenvalue weighted by Gasteiger charge is 2.09. The van der Waals surface area contributed by atoms with Crippen molar-refractivity contribution in [1.29, 1.82) is 0 Å². The third-order valence-electron chi connectivity index (χ3n) is 2.25. The number of carbonyl (C=O) groups is 1. The lowest BCUT2D eigenvalue weighted by Crippen LogP contribution is -2.21. The van der Waals surface area contributed by atoms with E-state index in [0.29, 0.717) is 0 Å². The summed E-state index contributed by atoms with van der Waals surface area (Å²) in [7, 11) is 0. The lowest BCUT2D eigenvalue weighted by atomic mass is 10.3. The number of aliphatic hydroxyl groups is 2. The van der Waals surface area contributed by atoms with Crippen LogP contribution in [0.2, 0.25) is 0 Å². The van der Waals surface area contributed by atoms with Crippen LogP contribution in [0.15, 0.2) is 24.3 Å². The highest BCUT2D eigenvalue weighted by molar-refractivity contribution is 5.72. The molecule has 8 heteroatoms. The molecular formula is C12H15NO7. The fourth-order valence-electron chi connectivity index (χ4n) is 1.25. The lowest BCUT2D eigenvalue weighted by molar-refractivity contribution is -0.384. The lowest BCUT2D eigenvalue weighted by Gasteiger charge is -2.08. The smallest absolute Gasteiger partial charge is 0.313 e. The molecule has 0 spiro atoms. The first-order valence-corrected chi connectivity index (χ1v) is 5.84. The van der Waals surface area contributed by atoms with Crippen LogP contribution in [0.5, 0.6) is 5.75 Å². The molecule has 0 radical (unpaired) electrons. The van der Waals surface area contributed by atoms with Gasteiger partial charge in [-0.25, -0.2) is 0 Å². The van der Waals surface area contributed by atoms with Gasteiger partial charge in [-0.15, -0.1) is 0 Å². The molecular weight excluding hydrogens is 270 g/mol. The number of ether oxygens (including phenoxy) is 2. The van der Waals surface area contributed by atoms with Crippen LogP contribution in [0.4, 0.5) is 5.69 Å². The predicted octanol–water partition coefficient (Wildman–Crippen LogP) is 0.260. The summed E-state index contributed by atoms with van der Waals surface area (Å²) in [6.45, 7) is -0.433. The molecule has 0 saturated heterocycles. The van der Waals surface area contributed by atoms with Crippen molar-refractivity contribution in [3.63, 3.8) is 0 Å². The highest BCUT2D eigenvalue weighted by atomic mass is 16.6. The molecule has 1 unspecified atom stereocenters. The van der Waals surface area contributed by atoms with Crippen molar-refractivity contribution in [3.05, 3.63) is 34.4 Å². The largest absolute Gasteiger partial charge is 0.426 e. The molecule has 110 valence electrons. The van der Waals surface area contributed by atoms with Crippen molar-refractivity contribution in [2.75, 3.05) is 19.8 Å². The second-order valence-corrected chi connectivity index (χ2v) is 3.89. The quantitative estimate of drug-likeness (QED) is 0.231. The van der Waals surface area contributed by atoms with Crippen LogP contribution < -0.4 is 4.74 Å². The number of carbonyl (C=O) groups excluding carboxylic acids is 1. The van der Waals surface area contributed by atoms with Crippen LogP contribution in [-0.4, -0.2) is 47.0 Å². The number of nitro benzene ring substituents is 1. The molecule has 1 aromatic carbocycles. The third-order valence-corrected chi connectivity index (χ3v) is 2.25. The van der Waals surface area contributed by atoms with E-state index >= 15 is 0 Å². The average molecular weight is 285 g/mol. The Morgan fingerprint density at radius 3 is 2.55 bits per heavy atom. The van der Waals surface area contributed by atoms with Gasteiger partial charge in [0.2, 0.25) is 0 Å². The van der Waals surface area contributed by atoms with Crippen LogP contribution in [0, 0.1) is 10.1 Å². The van der Waals surface area contributed by atoms with Crippen molar-refractivity contribution in [1.82, 2.24) is 0 Å². The van der Waals surface area contributed by atoms with Crippen molar-refractivity contribution in [2.24, 2.45) is 0 Å². The van der Waals surface area contributed by atoms with Gasteiger partial charge in [0, 0.05) is 12.1 Å². The van der Waals surface area contributed by atoms with E-state index in [1.165, 1.54) is 24.3 Å². The van der Waals surface area contributed by atoms with Gasteiger partial charge in [-0.2, -0.15) is 0 Å². The number of rotatable bonds is 8. The fourth-order valence-corrected chi connectivity index (χ4v) is 1.25. The Hall–Kier alpha value is -2.03. The molecule has 1 aromatic rings. The van der Waals surface area contributed by atoms with Crippen LogP contribution in [0.3, 0.4) is 0 Å². The molecule has 0 amide bonds. The van der Waals surface area contributed by atoms with E-state index in [1.807, 2.05) is 0 Å². The summed E-state index contributed by atoms with van der Waals surface area (Å²) in [5.74, 6) is -0.353. The second-order valence-electron chi connectivity index (χ2n) is 3.89. The number of non-ortho nitro benzene ring substituents is 1. The fraction of sp³-hybridized carbons (Fsp3) is 0.417. The highest BCUT2D eigenvalue weighted by Crippen LogP contribution is 2.17. The van der Waals surface area contributed by atoms with Crippen molar-refractivity contribution in [3.8, 4) is 5.75 Å². The van der Waals surface area contributed by atoms with E-state index in [-0.39, 0.29) is 31.1 Å². The molecule has 0 saturated carbocycles. The standard InChI is InChI=1S/C12H15NO7/c14-7-10(15)8-19-6-5-12(16)20-11-3-1-9(2-4-11)13(17)18/h1-4,10,14-15H,5-8H2. The van der Waals surface area contributed by atoms with Crippen LogP contribution in [-0.2, 0) is 9.53 Å². The zero-order valence-corrected chi connectivity index (χ0v) is 10.6. The van der Waals surface area contributed by atoms with Gasteiger partial charge in [-0.3, -0.25) is 14.9 Å². The van der Waals surface area contributed by atoms with Gasteiger partial charge in [0.1, 0.15) is 11.9 Å². The Morgan fingerprint density at radius 2 is 2.00 bits per heavy atom. The number of hydrogen-bond acceptors (Lipinski definition) is 7. The Labute approximate surface area is 114 Å². The topological polar surface area (TPSA) is 119 Å². The van der Waals surface area contributed by atoms with Gasteiger partial charge >= 0.3 is 5.97 Å². The number of aliphatic hydroxyl groups excluding tert-OH is 2. The third kappa shape index (κ3) is 5.74. The maximum atomic E-state index is 11.4. The first-order chi connectivity index (χ1) is 9.52. The molecule has 0 aliphatic carbocycles. The summed E-state index contributed by atoms with van der Waals surface area (Å²) in [5, 5.41) is 27.9. The van der Waals surface area contributed by atoms with Gasteiger partial charge in [-0.05, 0) is 12.1 Å². The summed E-state index contributed by atoms with van der Waals surface area (Å²) < 4.78 is 9.87. The van der Waals surface area contributed by atoms with Crippen molar-refractivity contribution in [2.45, 2.75) is 12.5 Å². The summed E-state index contributed by atoms with van der Waals surface area (Å²) in [6.07, 6.45) is -1.00. The summed E-state index contributed by atoms with van der Waals surface area (Å²) in [4.78, 5) is 21.3. The predicted molar refractivity (Wildman–Crippen MR) is 67.3 cm³/mol. The van der Waals surface area contributed by atoms with E-state index in [4.69, 9.17) is 19.7 Å². The van der Waals surface area contributed by atoms with E-state index in [9.17, 15) is 14.9 Å². The maximum Gasteiger partial charge on any atom is 0.313 e. The van der Waals surface area contributed by atoms with E-state index < -0.39 is 23.6 Å². The minimum Gasteiger partial charge on any atom is -0.426 e. The maximum absolute atomic E-state index is 11.4. The minimum absolute atomic E-state index is 0.0326. The number of benzene rings is 1. The zero-order valence-electron chi connectivity index (χ0n) is 10.6. The van der Waals surface area contributed by atoms with E-state index in [2.05, 4.69) is 0 Å². The zero-order chi connectivity index (χ0) is 15.0. The monoisotopic (exact) mass is 285 g/mol. The van der Waals surface area contributed by atoms with Gasteiger partial charge < -0.3 is 19.7 Å². The first kappa shape index (κ1) is 16.0. The molecule has 0 aliphatic heterocycles. The van der Waals surface area contributed by atoms with Gasteiger partial charge in [-0.1, -0.05) is 0 Å². The summed E-state index contributed by atoms with van der Waals surface area (Å²) >= 11 is 0. The summed E-state index contributed by atoms with van der Waals surface area (Å²) in [5.41, 5.74) is -0.0916. The number of nitrogens with zero attached hydrogens (tertiary/aromatic N) is 1. The average Bonchev–Trinajstić information content (AvgIpc) is 2.43. The van der Waals surface area contributed by atoms with Crippen LogP contribution >= 0.6 is 0 Å². The second kappa shape index (κ2) is 8.20. The molecule has 2 N–H and O–H groups in total. The first-order valence-electron chi connectivity index (χ1n) is 5.84. The number of hydrogen-bond donors (Lipinski definition) is 2. The molecule has 8 nitrogen and oxygen atoms in total. The van der Waals surface area contributed by atoms with E-state index in [1.54, 1.807) is 0 Å². The number of esters is 1. The molecule has 1 rings (SSSR count). The van der Waals surface area contributed by atoms with Crippen LogP contribution in [0.25, 0.3) is 0 Å². The van der Waals surface area contributed by atoms with Gasteiger partial charge in [0.15, 0.2) is 0 Å². The van der Waals surface area contributed by atoms with Crippen molar-refractivity contribution < 1.29 is 29.4 Å². The molecule has 0 aliphatic rings. The van der Waals surface area contributed by atoms with Gasteiger partial charge in [0.05, 0.1) is 31.2 Å². The molecule has 0 aromatic heterocycles. The van der Waals surface area contributed by atoms with E-state index in [0.717, 1.165) is 0 Å². The van der Waals surface area contributed by atoms with Gasteiger partial charge in [0.25, 0.3) is 5.69 Å². The molecule has 20 heavy (non-hydrogen) atoms. The Morgan fingerprint density at radius 1 is 1.35 bits per heavy atom. The summed E-state index contributed by atoms with van der Waals surface area (Å²) in [6, 6.07) is 5.12. The molecule has 0 bridgehead atoms. The van der Waals surface area contributed by atoms with Crippen LogP contribution in [0.1, 0.15) is 6.42 Å².